The largest absolute Gasteiger partial charge is 0.417 e. The number of alkyl halides is 3. The molecule has 2 aromatic rings. The van der Waals surface area contributed by atoms with Gasteiger partial charge in [-0.2, -0.15) is 13.2 Å². The van der Waals surface area contributed by atoms with Crippen molar-refractivity contribution < 1.29 is 18.0 Å². The number of amides is 1. The monoisotopic (exact) mass is 365 g/mol. The Kier molecular flexibility index (Phi) is 4.95. The molecule has 0 N–H and O–H groups in total. The number of carbonyl (C=O) groups excluding carboxylic acids is 1. The van der Waals surface area contributed by atoms with Gasteiger partial charge in [-0.3, -0.25) is 4.79 Å². The van der Waals surface area contributed by atoms with E-state index in [9.17, 15) is 18.0 Å². The number of anilines is 1. The summed E-state index contributed by atoms with van der Waals surface area (Å²) < 4.78 is 38.8. The molecule has 2 heterocycles. The van der Waals surface area contributed by atoms with Crippen LogP contribution in [0.1, 0.15) is 11.1 Å². The fraction of sp³-hybridized carbons (Fsp3) is 0.294. The molecule has 3 rings (SSSR count). The summed E-state index contributed by atoms with van der Waals surface area (Å²) in [6.07, 6.45) is -2.77. The molecule has 1 aromatic carbocycles. The molecule has 0 atom stereocenters. The van der Waals surface area contributed by atoms with Crippen LogP contribution in [0, 0.1) is 11.8 Å². The Bertz CT molecular complexity index is 801. The summed E-state index contributed by atoms with van der Waals surface area (Å²) in [5.74, 6) is 4.24. The van der Waals surface area contributed by atoms with Gasteiger partial charge < -0.3 is 9.80 Å². The molecule has 4 nitrogen and oxygen atoms in total. The molecule has 1 aliphatic heterocycles. The minimum atomic E-state index is -4.49. The molecule has 0 spiro atoms. The van der Waals surface area contributed by atoms with Gasteiger partial charge in [0.2, 0.25) is 0 Å². The third kappa shape index (κ3) is 4.12. The fourth-order valence-electron chi connectivity index (χ4n) is 2.51. The first-order valence-corrected chi connectivity index (χ1v) is 8.45. The number of thiazole rings is 1. The van der Waals surface area contributed by atoms with Crippen molar-refractivity contribution in [2.24, 2.45) is 0 Å². The second kappa shape index (κ2) is 7.15. The van der Waals surface area contributed by atoms with Crippen LogP contribution in [0.4, 0.5) is 18.3 Å². The Morgan fingerprint density at radius 3 is 2.52 bits per heavy atom. The molecule has 1 aliphatic rings. The lowest BCUT2D eigenvalue weighted by molar-refractivity contribution is -0.137. The third-order valence-corrected chi connectivity index (χ3v) is 4.63. The smallest absolute Gasteiger partial charge is 0.345 e. The van der Waals surface area contributed by atoms with Crippen LogP contribution in [0.15, 0.2) is 35.8 Å². The van der Waals surface area contributed by atoms with Gasteiger partial charge in [0.1, 0.15) is 0 Å². The van der Waals surface area contributed by atoms with Crippen molar-refractivity contribution in [2.75, 3.05) is 31.1 Å². The van der Waals surface area contributed by atoms with E-state index in [-0.39, 0.29) is 5.56 Å². The minimum Gasteiger partial charge on any atom is -0.345 e. The molecule has 1 aromatic heterocycles. The lowest BCUT2D eigenvalue weighted by Gasteiger charge is -2.33. The van der Waals surface area contributed by atoms with Gasteiger partial charge in [0.25, 0.3) is 5.91 Å². The van der Waals surface area contributed by atoms with Gasteiger partial charge in [-0.25, -0.2) is 4.98 Å². The van der Waals surface area contributed by atoms with E-state index in [0.717, 1.165) is 11.2 Å². The molecule has 1 amide bonds. The normalized spacial score (nSPS) is 14.8. The SMILES string of the molecule is O=C(C#Cc1ccccc1C(F)(F)F)N1CCN(c2nccs2)CC1. The van der Waals surface area contributed by atoms with Crippen LogP contribution in [0.3, 0.4) is 0 Å². The summed E-state index contributed by atoms with van der Waals surface area (Å²) in [6, 6.07) is 5.00. The van der Waals surface area contributed by atoms with Crippen molar-refractivity contribution in [3.8, 4) is 11.8 Å². The highest BCUT2D eigenvalue weighted by Gasteiger charge is 2.32. The van der Waals surface area contributed by atoms with E-state index in [2.05, 4.69) is 21.7 Å². The van der Waals surface area contributed by atoms with E-state index in [1.54, 1.807) is 11.1 Å². The van der Waals surface area contributed by atoms with Crippen molar-refractivity contribution >= 4 is 22.4 Å². The Labute approximate surface area is 146 Å². The summed E-state index contributed by atoms with van der Waals surface area (Å²) in [7, 11) is 0. The lowest BCUT2D eigenvalue weighted by atomic mass is 10.1. The number of hydrogen-bond acceptors (Lipinski definition) is 4. The number of halogens is 3. The number of aromatic nitrogens is 1. The van der Waals surface area contributed by atoms with Crippen molar-refractivity contribution in [3.63, 3.8) is 0 Å². The van der Waals surface area contributed by atoms with E-state index >= 15 is 0 Å². The molecule has 1 saturated heterocycles. The predicted octanol–water partition coefficient (Wildman–Crippen LogP) is 2.86. The molecule has 0 unspecified atom stereocenters. The van der Waals surface area contributed by atoms with E-state index < -0.39 is 17.6 Å². The number of benzene rings is 1. The first-order chi connectivity index (χ1) is 11.9. The van der Waals surface area contributed by atoms with Crippen molar-refractivity contribution in [1.82, 2.24) is 9.88 Å². The van der Waals surface area contributed by atoms with E-state index in [0.29, 0.717) is 26.2 Å². The molecule has 8 heteroatoms. The summed E-state index contributed by atoms with van der Waals surface area (Å²) >= 11 is 1.53. The number of rotatable bonds is 1. The average molecular weight is 365 g/mol. The highest BCUT2D eigenvalue weighted by molar-refractivity contribution is 7.13. The second-order valence-corrected chi connectivity index (χ2v) is 6.26. The van der Waals surface area contributed by atoms with Crippen LogP contribution < -0.4 is 4.90 Å². The first-order valence-electron chi connectivity index (χ1n) is 7.57. The van der Waals surface area contributed by atoms with E-state index in [4.69, 9.17) is 0 Å². The zero-order chi connectivity index (χ0) is 17.9. The van der Waals surface area contributed by atoms with Crippen LogP contribution >= 0.6 is 11.3 Å². The van der Waals surface area contributed by atoms with Gasteiger partial charge >= 0.3 is 6.18 Å². The first kappa shape index (κ1) is 17.3. The van der Waals surface area contributed by atoms with E-state index in [1.165, 1.54) is 29.5 Å². The number of carbonyl (C=O) groups is 1. The van der Waals surface area contributed by atoms with Gasteiger partial charge in [-0.15, -0.1) is 11.3 Å². The predicted molar refractivity (Wildman–Crippen MR) is 89.2 cm³/mol. The summed E-state index contributed by atoms with van der Waals surface area (Å²) in [6.45, 7) is 2.18. The molecule has 1 fully saturated rings. The van der Waals surface area contributed by atoms with Gasteiger partial charge in [0, 0.05) is 49.2 Å². The molecule has 25 heavy (non-hydrogen) atoms. The number of nitrogens with zero attached hydrogens (tertiary/aromatic N) is 3. The molecule has 0 saturated carbocycles. The standard InChI is InChI=1S/C17H14F3N3OS/c18-17(19,20)14-4-2-1-3-13(14)5-6-15(24)22-8-10-23(11-9-22)16-21-7-12-25-16/h1-4,7,12H,8-11H2. The Morgan fingerprint density at radius 2 is 1.88 bits per heavy atom. The maximum Gasteiger partial charge on any atom is 0.417 e. The topological polar surface area (TPSA) is 36.4 Å². The minimum absolute atomic E-state index is 0.190. The Balaban J connectivity index is 1.66. The average Bonchev–Trinajstić information content (AvgIpc) is 3.14. The number of piperazine rings is 1. The molecule has 0 radical (unpaired) electrons. The zero-order valence-electron chi connectivity index (χ0n) is 13.1. The molecule has 0 aliphatic carbocycles. The summed E-state index contributed by atoms with van der Waals surface area (Å²) in [5.41, 5.74) is -1.02. The Hall–Kier alpha value is -2.53. The summed E-state index contributed by atoms with van der Waals surface area (Å²) in [4.78, 5) is 20.0. The highest BCUT2D eigenvalue weighted by atomic mass is 32.1. The van der Waals surface area contributed by atoms with Crippen molar-refractivity contribution in [2.45, 2.75) is 6.18 Å². The molecule has 130 valence electrons. The zero-order valence-corrected chi connectivity index (χ0v) is 13.9. The van der Waals surface area contributed by atoms with Crippen LogP contribution in [0.2, 0.25) is 0 Å². The van der Waals surface area contributed by atoms with Crippen molar-refractivity contribution in [3.05, 3.63) is 47.0 Å². The highest BCUT2D eigenvalue weighted by Crippen LogP contribution is 2.31. The van der Waals surface area contributed by atoms with Crippen LogP contribution in [-0.2, 0) is 11.0 Å². The van der Waals surface area contributed by atoms with Gasteiger partial charge in [-0.1, -0.05) is 18.1 Å². The van der Waals surface area contributed by atoms with Gasteiger partial charge in [-0.05, 0) is 12.1 Å². The number of hydrogen-bond donors (Lipinski definition) is 0. The Morgan fingerprint density at radius 1 is 1.16 bits per heavy atom. The quantitative estimate of drug-likeness (QED) is 0.730. The van der Waals surface area contributed by atoms with Crippen molar-refractivity contribution in [1.29, 1.82) is 0 Å². The van der Waals surface area contributed by atoms with Crippen LogP contribution in [0.25, 0.3) is 0 Å². The molecule has 0 bridgehead atoms. The fourth-order valence-corrected chi connectivity index (χ4v) is 3.21. The third-order valence-electron chi connectivity index (χ3n) is 3.79. The summed E-state index contributed by atoms with van der Waals surface area (Å²) in [5, 5.41) is 2.79. The van der Waals surface area contributed by atoms with Gasteiger partial charge in [0.05, 0.1) is 5.56 Å². The molecular formula is C17H14F3N3OS. The second-order valence-electron chi connectivity index (χ2n) is 5.39. The van der Waals surface area contributed by atoms with E-state index in [1.807, 2.05) is 5.38 Å². The maximum atomic E-state index is 12.9. The van der Waals surface area contributed by atoms with Crippen LogP contribution in [0.5, 0.6) is 0 Å². The van der Waals surface area contributed by atoms with Gasteiger partial charge in [0.15, 0.2) is 5.13 Å². The molecular weight excluding hydrogens is 351 g/mol. The lowest BCUT2D eigenvalue weighted by Crippen LogP contribution is -2.48. The van der Waals surface area contributed by atoms with Crippen LogP contribution in [-0.4, -0.2) is 42.0 Å². The maximum absolute atomic E-state index is 12.9.